The van der Waals surface area contributed by atoms with Crippen LogP contribution in [-0.2, 0) is 19.1 Å². The molecular weight excluding hydrogens is 466 g/mol. The van der Waals surface area contributed by atoms with Crippen molar-refractivity contribution in [3.8, 4) is 0 Å². The maximum atomic E-state index is 13.5. The number of aromatic nitrogens is 2. The molecule has 0 amide bonds. The largest absolute Gasteiger partial charge is 0.438 e. The number of nitrogens with zero attached hydrogens (tertiary/aromatic N) is 3. The molecule has 1 unspecified atom stereocenters. The smallest absolute Gasteiger partial charge is 0.360 e. The van der Waals surface area contributed by atoms with Crippen LogP contribution in [0.3, 0.4) is 0 Å². The number of ether oxygens (including phenoxy) is 2. The Balaban J connectivity index is 1.68. The molecular formula is C26H25N3O7. The SMILES string of the molecule is COC/C=C/C1=CC2=CC(=O)C(C)(OC(=O)c3cnc4ccccc4n3)C(=O)C2=CN1C(CO)CO. The molecule has 186 valence electrons. The monoisotopic (exact) mass is 491 g/mol. The van der Waals surface area contributed by atoms with Crippen LogP contribution < -0.4 is 0 Å². The number of para-hydroxylation sites is 2. The van der Waals surface area contributed by atoms with Crippen LogP contribution >= 0.6 is 0 Å². The van der Waals surface area contributed by atoms with Gasteiger partial charge < -0.3 is 24.6 Å². The number of aliphatic hydroxyl groups excluding tert-OH is 2. The molecule has 0 spiro atoms. The van der Waals surface area contributed by atoms with Gasteiger partial charge in [0.25, 0.3) is 0 Å². The fraction of sp³-hybridized carbons (Fsp3) is 0.269. The second-order valence-corrected chi connectivity index (χ2v) is 8.36. The second-order valence-electron chi connectivity index (χ2n) is 8.36. The van der Waals surface area contributed by atoms with Crippen molar-refractivity contribution in [2.45, 2.75) is 18.6 Å². The Morgan fingerprint density at radius 1 is 1.17 bits per heavy atom. The highest BCUT2D eigenvalue weighted by Crippen LogP contribution is 2.35. The maximum absolute atomic E-state index is 13.5. The Morgan fingerprint density at radius 2 is 1.89 bits per heavy atom. The molecule has 2 heterocycles. The molecule has 0 bridgehead atoms. The Bertz CT molecular complexity index is 1340. The van der Waals surface area contributed by atoms with Gasteiger partial charge in [0.05, 0.1) is 43.1 Å². The number of hydrogen-bond donors (Lipinski definition) is 2. The van der Waals surface area contributed by atoms with E-state index in [0.29, 0.717) is 28.9 Å². The summed E-state index contributed by atoms with van der Waals surface area (Å²) >= 11 is 0. The summed E-state index contributed by atoms with van der Waals surface area (Å²) in [6.07, 6.45) is 8.90. The van der Waals surface area contributed by atoms with Gasteiger partial charge in [-0.05, 0) is 42.9 Å². The lowest BCUT2D eigenvalue weighted by molar-refractivity contribution is -0.145. The quantitative estimate of drug-likeness (QED) is 0.410. The van der Waals surface area contributed by atoms with E-state index in [9.17, 15) is 24.6 Å². The van der Waals surface area contributed by atoms with Crippen molar-refractivity contribution in [1.82, 2.24) is 14.9 Å². The highest BCUT2D eigenvalue weighted by atomic mass is 16.6. The van der Waals surface area contributed by atoms with E-state index in [1.165, 1.54) is 37.4 Å². The second kappa shape index (κ2) is 10.3. The first-order chi connectivity index (χ1) is 17.3. The molecule has 4 rings (SSSR count). The van der Waals surface area contributed by atoms with Gasteiger partial charge in [0.15, 0.2) is 5.69 Å². The maximum Gasteiger partial charge on any atom is 0.360 e. The Labute approximate surface area is 206 Å². The Morgan fingerprint density at radius 3 is 2.58 bits per heavy atom. The molecule has 0 saturated heterocycles. The van der Waals surface area contributed by atoms with Crippen molar-refractivity contribution < 1.29 is 34.1 Å². The standard InChI is InChI=1S/C26H25N3O7/c1-26(36-25(34)22-12-27-20-7-3-4-8-21(20)28-22)23(32)11-16-10-17(6-5-9-35-2)29(18(14-30)15-31)13-19(16)24(26)33/h3-8,10-13,18,30-31H,9,14-15H2,1-2H3/b6-5+. The van der Waals surface area contributed by atoms with E-state index in [1.807, 2.05) is 0 Å². The summed E-state index contributed by atoms with van der Waals surface area (Å²) in [6.45, 7) is 0.757. The minimum absolute atomic E-state index is 0.102. The van der Waals surface area contributed by atoms with Crippen molar-refractivity contribution in [1.29, 1.82) is 0 Å². The van der Waals surface area contributed by atoms with E-state index in [4.69, 9.17) is 9.47 Å². The number of methoxy groups -OCH3 is 1. The number of aliphatic hydroxyl groups is 2. The summed E-state index contributed by atoms with van der Waals surface area (Å²) in [5.74, 6) is -2.40. The summed E-state index contributed by atoms with van der Waals surface area (Å²) in [5.41, 5.74) is -0.272. The number of allylic oxidation sites excluding steroid dienone is 3. The van der Waals surface area contributed by atoms with Crippen LogP contribution in [0.4, 0.5) is 0 Å². The van der Waals surface area contributed by atoms with Gasteiger partial charge in [0, 0.05) is 24.6 Å². The van der Waals surface area contributed by atoms with Crippen molar-refractivity contribution in [3.63, 3.8) is 0 Å². The van der Waals surface area contributed by atoms with Crippen molar-refractivity contribution in [2.24, 2.45) is 0 Å². The zero-order valence-electron chi connectivity index (χ0n) is 19.7. The van der Waals surface area contributed by atoms with Gasteiger partial charge in [-0.25, -0.2) is 9.78 Å². The first kappa shape index (κ1) is 25.1. The number of rotatable bonds is 8. The van der Waals surface area contributed by atoms with Gasteiger partial charge in [-0.1, -0.05) is 18.2 Å². The van der Waals surface area contributed by atoms with Gasteiger partial charge in [0.1, 0.15) is 0 Å². The lowest BCUT2D eigenvalue weighted by Gasteiger charge is -2.37. The number of fused-ring (bicyclic) bond motifs is 2. The van der Waals surface area contributed by atoms with E-state index >= 15 is 0 Å². The fourth-order valence-electron chi connectivity index (χ4n) is 3.90. The van der Waals surface area contributed by atoms with Crippen LogP contribution in [0.5, 0.6) is 0 Å². The van der Waals surface area contributed by atoms with E-state index in [-0.39, 0.29) is 11.3 Å². The first-order valence-corrected chi connectivity index (χ1v) is 11.2. The molecule has 1 aliphatic carbocycles. The molecule has 1 aromatic heterocycles. The molecule has 2 aromatic rings. The first-order valence-electron chi connectivity index (χ1n) is 11.2. The van der Waals surface area contributed by atoms with Crippen LogP contribution in [0.25, 0.3) is 11.0 Å². The van der Waals surface area contributed by atoms with Crippen LogP contribution in [0.15, 0.2) is 77.8 Å². The minimum Gasteiger partial charge on any atom is -0.438 e. The van der Waals surface area contributed by atoms with Gasteiger partial charge in [0.2, 0.25) is 17.2 Å². The lowest BCUT2D eigenvalue weighted by Crippen LogP contribution is -2.51. The zero-order chi connectivity index (χ0) is 25.9. The third kappa shape index (κ3) is 4.61. The highest BCUT2D eigenvalue weighted by Gasteiger charge is 2.50. The van der Waals surface area contributed by atoms with E-state index < -0.39 is 42.4 Å². The molecule has 1 aliphatic heterocycles. The fourth-order valence-corrected chi connectivity index (χ4v) is 3.90. The average molecular weight is 492 g/mol. The molecule has 10 heteroatoms. The molecule has 1 aromatic carbocycles. The Kier molecular flexibility index (Phi) is 7.20. The third-order valence-corrected chi connectivity index (χ3v) is 5.94. The molecule has 0 saturated carbocycles. The number of esters is 1. The topological polar surface area (TPSA) is 139 Å². The van der Waals surface area contributed by atoms with Crippen LogP contribution in [-0.4, -0.2) is 81.2 Å². The van der Waals surface area contributed by atoms with E-state index in [2.05, 4.69) is 9.97 Å². The number of carbonyl (C=O) groups is 3. The van der Waals surface area contributed by atoms with Gasteiger partial charge >= 0.3 is 5.97 Å². The number of carbonyl (C=O) groups excluding carboxylic acids is 3. The van der Waals surface area contributed by atoms with E-state index in [0.717, 1.165) is 0 Å². The van der Waals surface area contributed by atoms with Crippen LogP contribution in [0.2, 0.25) is 0 Å². The number of hydrogen-bond acceptors (Lipinski definition) is 10. The van der Waals surface area contributed by atoms with Crippen molar-refractivity contribution >= 4 is 28.6 Å². The van der Waals surface area contributed by atoms with E-state index in [1.54, 1.807) is 42.5 Å². The van der Waals surface area contributed by atoms with Gasteiger partial charge in [-0.3, -0.25) is 14.6 Å². The molecule has 10 nitrogen and oxygen atoms in total. The van der Waals surface area contributed by atoms with Crippen molar-refractivity contribution in [2.75, 3.05) is 26.9 Å². The number of Topliss-reactive ketones (excluding diaryl/α,β-unsaturated/α-hetero) is 1. The van der Waals surface area contributed by atoms with Crippen molar-refractivity contribution in [3.05, 3.63) is 83.5 Å². The molecule has 0 radical (unpaired) electrons. The highest BCUT2D eigenvalue weighted by molar-refractivity contribution is 6.26. The Hall–Kier alpha value is -3.99. The van der Waals surface area contributed by atoms with Gasteiger partial charge in [-0.15, -0.1) is 0 Å². The summed E-state index contributed by atoms with van der Waals surface area (Å²) in [6, 6.07) is 6.19. The summed E-state index contributed by atoms with van der Waals surface area (Å²) in [7, 11) is 1.53. The summed E-state index contributed by atoms with van der Waals surface area (Å²) in [5, 5.41) is 19.5. The normalized spacial score (nSPS) is 19.9. The lowest BCUT2D eigenvalue weighted by atomic mass is 9.79. The average Bonchev–Trinajstić information content (AvgIpc) is 2.88. The number of ketones is 2. The summed E-state index contributed by atoms with van der Waals surface area (Å²) in [4.78, 5) is 49.4. The predicted molar refractivity (Wildman–Crippen MR) is 128 cm³/mol. The molecule has 2 N–H and O–H groups in total. The molecule has 0 fully saturated rings. The molecule has 36 heavy (non-hydrogen) atoms. The van der Waals surface area contributed by atoms with Crippen LogP contribution in [0.1, 0.15) is 17.4 Å². The molecule has 1 atom stereocenters. The van der Waals surface area contributed by atoms with Gasteiger partial charge in [-0.2, -0.15) is 0 Å². The number of benzene rings is 1. The van der Waals surface area contributed by atoms with Crippen LogP contribution in [0, 0.1) is 0 Å². The predicted octanol–water partition coefficient (Wildman–Crippen LogP) is 1.26. The zero-order valence-corrected chi connectivity index (χ0v) is 19.7. The minimum atomic E-state index is -2.13. The third-order valence-electron chi connectivity index (χ3n) is 5.94. The summed E-state index contributed by atoms with van der Waals surface area (Å²) < 4.78 is 10.5. The molecule has 2 aliphatic rings.